The lowest BCUT2D eigenvalue weighted by atomic mass is 9.95. The summed E-state index contributed by atoms with van der Waals surface area (Å²) in [5.41, 5.74) is 2.01. The van der Waals surface area contributed by atoms with Crippen molar-refractivity contribution in [2.75, 3.05) is 0 Å². The summed E-state index contributed by atoms with van der Waals surface area (Å²) in [6.07, 6.45) is 2.05. The first-order chi connectivity index (χ1) is 6.65. The molecule has 0 aliphatic rings. The zero-order valence-corrected chi connectivity index (χ0v) is 9.21. The van der Waals surface area contributed by atoms with Crippen molar-refractivity contribution in [1.29, 1.82) is 0 Å². The van der Waals surface area contributed by atoms with Crippen molar-refractivity contribution in [2.24, 2.45) is 5.92 Å². The molecule has 0 saturated carbocycles. The number of Topliss-reactive ketones (excluding diaryl/α,β-unsaturated/α-hetero) is 1. The van der Waals surface area contributed by atoms with E-state index >= 15 is 0 Å². The van der Waals surface area contributed by atoms with E-state index in [9.17, 15) is 4.79 Å². The number of aryl methyl sites for hydroxylation is 1. The van der Waals surface area contributed by atoms with Gasteiger partial charge in [0.2, 0.25) is 0 Å². The molecule has 0 fully saturated rings. The number of hydrogen-bond acceptors (Lipinski definition) is 1. The van der Waals surface area contributed by atoms with Gasteiger partial charge in [-0.25, -0.2) is 0 Å². The van der Waals surface area contributed by atoms with Gasteiger partial charge in [0.1, 0.15) is 0 Å². The van der Waals surface area contributed by atoms with Gasteiger partial charge < -0.3 is 0 Å². The van der Waals surface area contributed by atoms with Crippen LogP contribution in [0.1, 0.15) is 42.6 Å². The minimum Gasteiger partial charge on any atom is -0.294 e. The van der Waals surface area contributed by atoms with E-state index in [2.05, 4.69) is 6.92 Å². The summed E-state index contributed by atoms with van der Waals surface area (Å²) in [7, 11) is 0. The highest BCUT2D eigenvalue weighted by molar-refractivity contribution is 5.97. The third-order valence-corrected chi connectivity index (χ3v) is 2.47. The quantitative estimate of drug-likeness (QED) is 0.663. The Bertz CT molecular complexity index is 315. The molecule has 1 rings (SSSR count). The van der Waals surface area contributed by atoms with Gasteiger partial charge in [0.25, 0.3) is 0 Å². The molecule has 0 radical (unpaired) electrons. The molecule has 1 unspecified atom stereocenters. The van der Waals surface area contributed by atoms with Crippen molar-refractivity contribution in [1.82, 2.24) is 0 Å². The summed E-state index contributed by atoms with van der Waals surface area (Å²) in [4.78, 5) is 11.9. The fraction of sp³-hybridized carbons (Fsp3) is 0.462. The molecule has 1 heteroatoms. The number of carbonyl (C=O) groups excluding carboxylic acids is 1. The van der Waals surface area contributed by atoms with E-state index in [1.54, 1.807) is 0 Å². The Kier molecular flexibility index (Phi) is 3.87. The van der Waals surface area contributed by atoms with Crippen LogP contribution in [0.5, 0.6) is 0 Å². The topological polar surface area (TPSA) is 17.1 Å². The van der Waals surface area contributed by atoms with Crippen LogP contribution >= 0.6 is 0 Å². The zero-order valence-electron chi connectivity index (χ0n) is 9.21. The SMILES string of the molecule is CCCC(C)C(=O)c1cccc(C)c1. The van der Waals surface area contributed by atoms with E-state index in [1.807, 2.05) is 38.1 Å². The Morgan fingerprint density at radius 1 is 1.43 bits per heavy atom. The molecule has 14 heavy (non-hydrogen) atoms. The molecule has 0 amide bonds. The molecule has 0 bridgehead atoms. The van der Waals surface area contributed by atoms with E-state index in [1.165, 1.54) is 0 Å². The average Bonchev–Trinajstić information content (AvgIpc) is 2.17. The number of benzene rings is 1. The van der Waals surface area contributed by atoms with Crippen LogP contribution in [0.15, 0.2) is 24.3 Å². The van der Waals surface area contributed by atoms with Crippen molar-refractivity contribution in [3.05, 3.63) is 35.4 Å². The minimum absolute atomic E-state index is 0.154. The predicted molar refractivity (Wildman–Crippen MR) is 59.6 cm³/mol. The molecule has 1 atom stereocenters. The summed E-state index contributed by atoms with van der Waals surface area (Å²) >= 11 is 0. The second-order valence-electron chi connectivity index (χ2n) is 3.92. The van der Waals surface area contributed by atoms with E-state index in [0.717, 1.165) is 24.0 Å². The molecule has 0 spiro atoms. The summed E-state index contributed by atoms with van der Waals surface area (Å²) in [5.74, 6) is 0.428. The van der Waals surface area contributed by atoms with Crippen LogP contribution in [-0.4, -0.2) is 5.78 Å². The maximum absolute atomic E-state index is 11.9. The molecule has 0 heterocycles. The molecule has 0 saturated heterocycles. The monoisotopic (exact) mass is 190 g/mol. The number of carbonyl (C=O) groups is 1. The average molecular weight is 190 g/mol. The lowest BCUT2D eigenvalue weighted by Gasteiger charge is -2.09. The Morgan fingerprint density at radius 3 is 2.71 bits per heavy atom. The van der Waals surface area contributed by atoms with Crippen molar-refractivity contribution in [2.45, 2.75) is 33.6 Å². The van der Waals surface area contributed by atoms with Crippen LogP contribution in [0.4, 0.5) is 0 Å². The van der Waals surface area contributed by atoms with Crippen LogP contribution in [0.25, 0.3) is 0 Å². The van der Waals surface area contributed by atoms with Gasteiger partial charge in [-0.05, 0) is 19.4 Å². The molecule has 0 aromatic heterocycles. The van der Waals surface area contributed by atoms with Gasteiger partial charge in [-0.2, -0.15) is 0 Å². The van der Waals surface area contributed by atoms with Crippen LogP contribution in [0, 0.1) is 12.8 Å². The highest BCUT2D eigenvalue weighted by Gasteiger charge is 2.13. The number of rotatable bonds is 4. The lowest BCUT2D eigenvalue weighted by molar-refractivity contribution is 0.0923. The van der Waals surface area contributed by atoms with Crippen molar-refractivity contribution in [3.8, 4) is 0 Å². The summed E-state index contributed by atoms with van der Waals surface area (Å²) < 4.78 is 0. The minimum atomic E-state index is 0.154. The fourth-order valence-electron chi connectivity index (χ4n) is 1.65. The third kappa shape index (κ3) is 2.69. The Morgan fingerprint density at radius 2 is 2.14 bits per heavy atom. The lowest BCUT2D eigenvalue weighted by Crippen LogP contribution is -2.10. The van der Waals surface area contributed by atoms with Gasteiger partial charge in [-0.3, -0.25) is 4.79 Å². The van der Waals surface area contributed by atoms with Gasteiger partial charge >= 0.3 is 0 Å². The number of ketones is 1. The van der Waals surface area contributed by atoms with Gasteiger partial charge in [0.05, 0.1) is 0 Å². The fourth-order valence-corrected chi connectivity index (χ4v) is 1.65. The molecule has 1 aromatic rings. The van der Waals surface area contributed by atoms with Crippen molar-refractivity contribution >= 4 is 5.78 Å². The number of hydrogen-bond donors (Lipinski definition) is 0. The second-order valence-corrected chi connectivity index (χ2v) is 3.92. The first-order valence-corrected chi connectivity index (χ1v) is 5.26. The first kappa shape index (κ1) is 11.0. The Balaban J connectivity index is 2.78. The maximum atomic E-state index is 11.9. The van der Waals surface area contributed by atoms with Crippen molar-refractivity contribution in [3.63, 3.8) is 0 Å². The Hall–Kier alpha value is -1.11. The molecule has 0 aliphatic carbocycles. The van der Waals surface area contributed by atoms with Crippen LogP contribution in [-0.2, 0) is 0 Å². The smallest absolute Gasteiger partial charge is 0.165 e. The normalized spacial score (nSPS) is 12.5. The molecule has 1 aromatic carbocycles. The van der Waals surface area contributed by atoms with E-state index < -0.39 is 0 Å². The van der Waals surface area contributed by atoms with Crippen molar-refractivity contribution < 1.29 is 4.79 Å². The molecular formula is C13H18O. The van der Waals surface area contributed by atoms with Gasteiger partial charge in [0, 0.05) is 11.5 Å². The maximum Gasteiger partial charge on any atom is 0.165 e. The Labute approximate surface area is 86.1 Å². The molecule has 1 nitrogen and oxygen atoms in total. The van der Waals surface area contributed by atoms with E-state index in [4.69, 9.17) is 0 Å². The van der Waals surface area contributed by atoms with Crippen LogP contribution in [0.3, 0.4) is 0 Å². The van der Waals surface area contributed by atoms with Gasteiger partial charge in [-0.15, -0.1) is 0 Å². The standard InChI is InChI=1S/C13H18O/c1-4-6-11(3)13(14)12-8-5-7-10(2)9-12/h5,7-9,11H,4,6H2,1-3H3. The summed E-state index contributed by atoms with van der Waals surface area (Å²) in [5, 5.41) is 0. The zero-order chi connectivity index (χ0) is 10.6. The molecule has 0 aliphatic heterocycles. The highest BCUT2D eigenvalue weighted by Crippen LogP contribution is 2.14. The van der Waals surface area contributed by atoms with E-state index in [-0.39, 0.29) is 11.7 Å². The predicted octanol–water partition coefficient (Wildman–Crippen LogP) is 3.61. The first-order valence-electron chi connectivity index (χ1n) is 5.26. The molecule has 0 N–H and O–H groups in total. The largest absolute Gasteiger partial charge is 0.294 e. The summed E-state index contributed by atoms with van der Waals surface area (Å²) in [6.45, 7) is 6.13. The third-order valence-electron chi connectivity index (χ3n) is 2.47. The second kappa shape index (κ2) is 4.94. The highest BCUT2D eigenvalue weighted by atomic mass is 16.1. The van der Waals surface area contributed by atoms with Crippen LogP contribution in [0.2, 0.25) is 0 Å². The van der Waals surface area contributed by atoms with E-state index in [0.29, 0.717) is 0 Å². The molecule has 76 valence electrons. The van der Waals surface area contributed by atoms with Gasteiger partial charge in [0.15, 0.2) is 5.78 Å². The summed E-state index contributed by atoms with van der Waals surface area (Å²) in [6, 6.07) is 7.83. The molecular weight excluding hydrogens is 172 g/mol. The van der Waals surface area contributed by atoms with Crippen LogP contribution < -0.4 is 0 Å². The van der Waals surface area contributed by atoms with Gasteiger partial charge in [-0.1, -0.05) is 44.0 Å².